The number of carbonyl (C=O) groups is 1. The molecule has 0 aromatic carbocycles. The molecule has 0 amide bonds. The van der Waals surface area contributed by atoms with E-state index in [1.54, 1.807) is 0 Å². The monoisotopic (exact) mass is 285 g/mol. The van der Waals surface area contributed by atoms with Crippen molar-refractivity contribution in [1.29, 1.82) is 0 Å². The minimum Gasteiger partial charge on any atom is -0.495 e. The molecule has 0 saturated carbocycles. The molecule has 0 fully saturated rings. The minimum atomic E-state index is -4.91. The Hall–Kier alpha value is -1.93. The average Bonchev–Trinajstić information content (AvgIpc) is 2.25. The van der Waals surface area contributed by atoms with Crippen LogP contribution in [0, 0.1) is 0 Å². The minimum absolute atomic E-state index is 0.326. The molecular weight excluding hydrogens is 277 g/mol. The SMILES string of the molecule is COc1cc(C(F)(F)F)c(CC(=O)O)nc1C(F)F. The van der Waals surface area contributed by atoms with Crippen molar-refractivity contribution in [2.45, 2.75) is 19.0 Å². The van der Waals surface area contributed by atoms with Gasteiger partial charge in [-0.2, -0.15) is 13.2 Å². The number of methoxy groups -OCH3 is 1. The van der Waals surface area contributed by atoms with Gasteiger partial charge in [-0.3, -0.25) is 4.79 Å². The van der Waals surface area contributed by atoms with Crippen molar-refractivity contribution in [2.24, 2.45) is 0 Å². The van der Waals surface area contributed by atoms with Crippen molar-refractivity contribution in [2.75, 3.05) is 7.11 Å². The summed E-state index contributed by atoms with van der Waals surface area (Å²) in [6, 6.07) is 0.326. The van der Waals surface area contributed by atoms with Crippen molar-refractivity contribution in [3.05, 3.63) is 23.0 Å². The van der Waals surface area contributed by atoms with Crippen molar-refractivity contribution in [3.63, 3.8) is 0 Å². The Morgan fingerprint density at radius 2 is 2.05 bits per heavy atom. The van der Waals surface area contributed by atoms with E-state index in [4.69, 9.17) is 5.11 Å². The van der Waals surface area contributed by atoms with Gasteiger partial charge in [0.2, 0.25) is 0 Å². The molecule has 1 N–H and O–H groups in total. The summed E-state index contributed by atoms with van der Waals surface area (Å²) in [5, 5.41) is 8.49. The second kappa shape index (κ2) is 5.37. The molecule has 1 aromatic rings. The van der Waals surface area contributed by atoms with Gasteiger partial charge in [0.05, 0.1) is 24.8 Å². The number of carboxylic acid groups (broad SMARTS) is 1. The summed E-state index contributed by atoms with van der Waals surface area (Å²) >= 11 is 0. The van der Waals surface area contributed by atoms with Crippen LogP contribution in [-0.4, -0.2) is 23.2 Å². The number of carboxylic acids is 1. The van der Waals surface area contributed by atoms with Gasteiger partial charge in [0.1, 0.15) is 11.4 Å². The zero-order valence-electron chi connectivity index (χ0n) is 9.46. The van der Waals surface area contributed by atoms with E-state index in [9.17, 15) is 26.7 Å². The van der Waals surface area contributed by atoms with Gasteiger partial charge in [0.15, 0.2) is 0 Å². The van der Waals surface area contributed by atoms with Gasteiger partial charge in [-0.1, -0.05) is 0 Å². The quantitative estimate of drug-likeness (QED) is 0.864. The lowest BCUT2D eigenvalue weighted by atomic mass is 10.1. The summed E-state index contributed by atoms with van der Waals surface area (Å²) in [7, 11) is 0.917. The van der Waals surface area contributed by atoms with E-state index < -0.39 is 47.7 Å². The fourth-order valence-corrected chi connectivity index (χ4v) is 1.39. The molecular formula is C10H8F5NO3. The van der Waals surface area contributed by atoms with Crippen molar-refractivity contribution in [1.82, 2.24) is 4.98 Å². The number of alkyl halides is 5. The molecule has 0 saturated heterocycles. The van der Waals surface area contributed by atoms with Gasteiger partial charge in [0.25, 0.3) is 6.43 Å². The van der Waals surface area contributed by atoms with Gasteiger partial charge in [0, 0.05) is 0 Å². The van der Waals surface area contributed by atoms with Gasteiger partial charge < -0.3 is 9.84 Å². The van der Waals surface area contributed by atoms with Crippen LogP contribution < -0.4 is 4.74 Å². The highest BCUT2D eigenvalue weighted by molar-refractivity contribution is 5.70. The Bertz CT molecular complexity index is 487. The molecule has 0 atom stereocenters. The number of hydrogen-bond donors (Lipinski definition) is 1. The van der Waals surface area contributed by atoms with Crippen molar-refractivity contribution in [3.8, 4) is 5.75 Å². The van der Waals surface area contributed by atoms with E-state index in [0.29, 0.717) is 6.07 Å². The number of aromatic nitrogens is 1. The van der Waals surface area contributed by atoms with E-state index >= 15 is 0 Å². The Morgan fingerprint density at radius 3 is 2.42 bits per heavy atom. The number of aliphatic carboxylic acids is 1. The Morgan fingerprint density at radius 1 is 1.47 bits per heavy atom. The highest BCUT2D eigenvalue weighted by Gasteiger charge is 2.36. The maximum absolute atomic E-state index is 12.7. The number of pyridine rings is 1. The van der Waals surface area contributed by atoms with Crippen LogP contribution in [0.1, 0.15) is 23.4 Å². The third kappa shape index (κ3) is 3.52. The molecule has 0 unspecified atom stereocenters. The summed E-state index contributed by atoms with van der Waals surface area (Å²) in [4.78, 5) is 13.5. The number of halogens is 5. The smallest absolute Gasteiger partial charge is 0.418 e. The van der Waals surface area contributed by atoms with Gasteiger partial charge in [-0.15, -0.1) is 0 Å². The first-order valence-electron chi connectivity index (χ1n) is 4.81. The van der Waals surface area contributed by atoms with Gasteiger partial charge in [-0.25, -0.2) is 13.8 Å². The van der Waals surface area contributed by atoms with E-state index in [2.05, 4.69) is 9.72 Å². The molecule has 0 bridgehead atoms. The maximum Gasteiger partial charge on any atom is 0.418 e. The van der Waals surface area contributed by atoms with Gasteiger partial charge in [-0.05, 0) is 6.07 Å². The van der Waals surface area contributed by atoms with Crippen molar-refractivity contribution >= 4 is 5.97 Å². The van der Waals surface area contributed by atoms with Crippen LogP contribution in [0.3, 0.4) is 0 Å². The first-order valence-corrected chi connectivity index (χ1v) is 4.81. The van der Waals surface area contributed by atoms with Crippen LogP contribution in [0.5, 0.6) is 5.75 Å². The largest absolute Gasteiger partial charge is 0.495 e. The molecule has 1 rings (SSSR count). The average molecular weight is 285 g/mol. The summed E-state index contributed by atoms with van der Waals surface area (Å²) in [5.74, 6) is -2.35. The van der Waals surface area contributed by atoms with Crippen LogP contribution in [-0.2, 0) is 17.4 Å². The molecule has 1 heterocycles. The van der Waals surface area contributed by atoms with Crippen LogP contribution in [0.2, 0.25) is 0 Å². The maximum atomic E-state index is 12.7. The predicted octanol–water partition coefficient (Wildman–Crippen LogP) is 2.67. The molecule has 106 valence electrons. The first kappa shape index (κ1) is 15.1. The summed E-state index contributed by atoms with van der Waals surface area (Å²) in [5.41, 5.74) is -3.40. The van der Waals surface area contributed by atoms with Crippen LogP contribution in [0.4, 0.5) is 22.0 Å². The van der Waals surface area contributed by atoms with Crippen LogP contribution >= 0.6 is 0 Å². The Balaban J connectivity index is 3.48. The molecule has 9 heteroatoms. The summed E-state index contributed by atoms with van der Waals surface area (Å²) in [6.07, 6.45) is -9.20. The van der Waals surface area contributed by atoms with Crippen molar-refractivity contribution < 1.29 is 36.6 Å². The van der Waals surface area contributed by atoms with E-state index in [1.165, 1.54) is 0 Å². The van der Waals surface area contributed by atoms with Gasteiger partial charge >= 0.3 is 12.1 Å². The fraction of sp³-hybridized carbons (Fsp3) is 0.400. The second-order valence-corrected chi connectivity index (χ2v) is 3.44. The highest BCUT2D eigenvalue weighted by atomic mass is 19.4. The zero-order valence-corrected chi connectivity index (χ0v) is 9.46. The van der Waals surface area contributed by atoms with Crippen LogP contribution in [0.15, 0.2) is 6.07 Å². The lowest BCUT2D eigenvalue weighted by Crippen LogP contribution is -2.16. The number of rotatable bonds is 4. The molecule has 0 aliphatic heterocycles. The molecule has 0 aliphatic carbocycles. The van der Waals surface area contributed by atoms with E-state index in [-0.39, 0.29) is 0 Å². The Kier molecular flexibility index (Phi) is 4.28. The molecule has 0 spiro atoms. The number of hydrogen-bond acceptors (Lipinski definition) is 3. The normalized spacial score (nSPS) is 11.7. The molecule has 19 heavy (non-hydrogen) atoms. The topological polar surface area (TPSA) is 59.4 Å². The first-order chi connectivity index (χ1) is 8.66. The number of ether oxygens (including phenoxy) is 1. The molecule has 1 aromatic heterocycles. The lowest BCUT2D eigenvalue weighted by molar-refractivity contribution is -0.140. The summed E-state index contributed by atoms with van der Waals surface area (Å²) in [6.45, 7) is 0. The zero-order chi connectivity index (χ0) is 14.8. The Labute approximate surface area is 103 Å². The van der Waals surface area contributed by atoms with Crippen LogP contribution in [0.25, 0.3) is 0 Å². The fourth-order valence-electron chi connectivity index (χ4n) is 1.39. The second-order valence-electron chi connectivity index (χ2n) is 3.44. The van der Waals surface area contributed by atoms with E-state index in [0.717, 1.165) is 7.11 Å². The predicted molar refractivity (Wildman–Crippen MR) is 52.1 cm³/mol. The molecule has 0 aliphatic rings. The standard InChI is InChI=1S/C10H8F5NO3/c1-19-6-2-4(10(13,14)15)5(3-7(17)18)16-8(6)9(11)12/h2,9H,3H2,1H3,(H,17,18). The third-order valence-corrected chi connectivity index (χ3v) is 2.14. The lowest BCUT2D eigenvalue weighted by Gasteiger charge is -2.15. The third-order valence-electron chi connectivity index (χ3n) is 2.14. The molecule has 4 nitrogen and oxygen atoms in total. The number of nitrogens with zero attached hydrogens (tertiary/aromatic N) is 1. The highest BCUT2D eigenvalue weighted by Crippen LogP contribution is 2.37. The summed E-state index contributed by atoms with van der Waals surface area (Å²) < 4.78 is 67.6. The molecule has 0 radical (unpaired) electrons. The van der Waals surface area contributed by atoms with E-state index in [1.807, 2.05) is 0 Å².